The Kier molecular flexibility index (Phi) is 30.2. The van der Waals surface area contributed by atoms with Crippen LogP contribution in [0.1, 0.15) is 146 Å². The Bertz CT molecular complexity index is 4930. The van der Waals surface area contributed by atoms with Crippen molar-refractivity contribution in [2.45, 2.75) is 116 Å². The average Bonchev–Trinajstić information content (AvgIpc) is 1.74. The number of hydrogen-bond donors (Lipinski definition) is 13. The third-order valence-electron chi connectivity index (χ3n) is 18.1. The van der Waals surface area contributed by atoms with Gasteiger partial charge in [0.15, 0.2) is 0 Å². The first-order chi connectivity index (χ1) is 52.5. The smallest absolute Gasteiger partial charge is 0.268 e. The number of H-pyrrole nitrogens is 1. The molecule has 4 amide bonds. The molecule has 16 N–H and O–H groups in total. The maximum absolute atomic E-state index is 13.7. The number of carbonyl (C=O) groups excluding carboxylic acids is 4. The number of aliphatic hydroxyl groups excluding tert-OH is 4. The number of hydrogen-bond acceptors (Lipinski definition) is 20. The van der Waals surface area contributed by atoms with E-state index in [0.29, 0.717) is 82.7 Å². The van der Waals surface area contributed by atoms with Gasteiger partial charge in [0.2, 0.25) is 17.7 Å². The van der Waals surface area contributed by atoms with Gasteiger partial charge in [-0.2, -0.15) is 0 Å². The number of benzene rings is 4. The lowest BCUT2D eigenvalue weighted by atomic mass is 9.98. The summed E-state index contributed by atoms with van der Waals surface area (Å²) in [4.78, 5) is 74.8. The van der Waals surface area contributed by atoms with Gasteiger partial charge in [-0.05, 0) is 140 Å². The van der Waals surface area contributed by atoms with Crippen LogP contribution in [0.25, 0.3) is 28.0 Å². The van der Waals surface area contributed by atoms with Crippen molar-refractivity contribution in [1.29, 1.82) is 0 Å². The summed E-state index contributed by atoms with van der Waals surface area (Å²) in [5.41, 5.74) is 29.0. The van der Waals surface area contributed by atoms with Gasteiger partial charge in [-0.1, -0.05) is 126 Å². The molecule has 0 radical (unpaired) electrons. The molecule has 5 unspecified atom stereocenters. The molecule has 572 valence electrons. The van der Waals surface area contributed by atoms with Crippen LogP contribution in [0.5, 0.6) is 0 Å². The summed E-state index contributed by atoms with van der Waals surface area (Å²) >= 11 is 28.8. The number of aliphatic hydroxyl groups is 4. The van der Waals surface area contributed by atoms with E-state index in [9.17, 15) is 43.3 Å². The van der Waals surface area contributed by atoms with Crippen LogP contribution in [0, 0.1) is 32.4 Å². The lowest BCUT2D eigenvalue weighted by Gasteiger charge is -2.30. The van der Waals surface area contributed by atoms with Crippen LogP contribution in [-0.2, 0) is 40.8 Å². The number of aryl methyl sites for hydroxylation is 3. The molecule has 4 aromatic carbocycles. The van der Waals surface area contributed by atoms with E-state index in [0.717, 1.165) is 96.1 Å². The zero-order valence-electron chi connectivity index (χ0n) is 59.4. The van der Waals surface area contributed by atoms with Gasteiger partial charge < -0.3 is 69.2 Å². The quantitative estimate of drug-likeness (QED) is 0.0267. The molecule has 0 spiro atoms. The molecule has 1 fully saturated rings. The Balaban J connectivity index is 0.000000155. The number of halogens is 6. The Morgan fingerprint density at radius 1 is 0.505 bits per heavy atom. The summed E-state index contributed by atoms with van der Waals surface area (Å²) in [6.07, 6.45) is 16.9. The van der Waals surface area contributed by atoms with Crippen LogP contribution >= 0.6 is 91.8 Å². The van der Waals surface area contributed by atoms with Crippen LogP contribution in [-0.4, -0.2) is 101 Å². The molecule has 3 aliphatic carbocycles. The van der Waals surface area contributed by atoms with Gasteiger partial charge in [0.05, 0.1) is 97.2 Å². The molecular weight excluding hydrogens is 1560 g/mol. The van der Waals surface area contributed by atoms with Crippen molar-refractivity contribution in [3.8, 4) is 11.3 Å². The maximum atomic E-state index is 13.7. The molecule has 6 heterocycles. The predicted molar refractivity (Wildman–Crippen MR) is 430 cm³/mol. The molecule has 109 heavy (non-hydrogen) atoms. The fraction of sp³-hybridized carbons (Fsp3) is 0.282. The number of nitrogens with one attached hydrogen (secondary N) is 6. The minimum absolute atomic E-state index is 0.0384. The zero-order chi connectivity index (χ0) is 78.0. The molecule has 1 aliphatic heterocycles. The number of allylic oxidation sites excluding steroid dienone is 9. The SMILES string of the molecule is Cc1nc(C(CN)NC(=O)C2=CC=C(c3ccc(Cl)c(F)c3)C2)sc1CO.Cc1nc(C(CN)NC(=O)C2=CC=C(c3ccc(Cl)cc3)C2)sc1CO.Cc1nc(C(NC(=O)c2ccc(-c3ccc(Cl)cc3)[nH]2)C2CCCCN2)sc1CO.NCC(NC(=O)C1=CC=C(c2ccc(Cl)c(F)c2)C1)c1ncc(CO)s1. The molecular formula is C78H81Cl4F2N13O8S4. The fourth-order valence-corrected chi connectivity index (χ4v) is 16.3. The van der Waals surface area contributed by atoms with Crippen molar-refractivity contribution >= 4 is 132 Å². The van der Waals surface area contributed by atoms with E-state index in [1.807, 2.05) is 87.5 Å². The van der Waals surface area contributed by atoms with Gasteiger partial charge in [0.25, 0.3) is 5.91 Å². The Hall–Kier alpha value is -8.30. The minimum atomic E-state index is -0.491. The summed E-state index contributed by atoms with van der Waals surface area (Å²) in [6, 6.07) is 26.5. The van der Waals surface area contributed by atoms with Gasteiger partial charge in [-0.15, -0.1) is 45.3 Å². The molecule has 5 atom stereocenters. The van der Waals surface area contributed by atoms with Crippen LogP contribution < -0.4 is 43.8 Å². The van der Waals surface area contributed by atoms with Crippen molar-refractivity contribution in [2.24, 2.45) is 17.2 Å². The van der Waals surface area contributed by atoms with Gasteiger partial charge >= 0.3 is 0 Å². The number of nitrogens with zero attached hydrogens (tertiary/aromatic N) is 4. The summed E-state index contributed by atoms with van der Waals surface area (Å²) in [5, 5.41) is 57.1. The van der Waals surface area contributed by atoms with Crippen LogP contribution in [0.15, 0.2) is 156 Å². The van der Waals surface area contributed by atoms with Gasteiger partial charge in [-0.25, -0.2) is 28.7 Å². The number of amides is 4. The number of thiazole rings is 4. The van der Waals surface area contributed by atoms with E-state index >= 15 is 0 Å². The number of carbonyl (C=O) groups is 4. The number of aromatic amines is 1. The van der Waals surface area contributed by atoms with Crippen molar-refractivity contribution in [3.63, 3.8) is 0 Å². The van der Waals surface area contributed by atoms with Crippen molar-refractivity contribution in [3.05, 3.63) is 267 Å². The summed E-state index contributed by atoms with van der Waals surface area (Å²) in [6.45, 7) is 6.81. The molecule has 1 saturated heterocycles. The number of rotatable bonds is 24. The zero-order valence-corrected chi connectivity index (χ0v) is 65.7. The second kappa shape index (κ2) is 39.6. The second-order valence-corrected chi connectivity index (χ2v) is 31.7. The van der Waals surface area contributed by atoms with Crippen molar-refractivity contribution in [2.75, 3.05) is 26.2 Å². The van der Waals surface area contributed by atoms with Crippen LogP contribution in [0.3, 0.4) is 0 Å². The summed E-state index contributed by atoms with van der Waals surface area (Å²) in [7, 11) is 0. The highest BCUT2D eigenvalue weighted by Gasteiger charge is 2.32. The van der Waals surface area contributed by atoms with Crippen LogP contribution in [0.2, 0.25) is 20.1 Å². The standard InChI is InChI=1S/C22H25ClN4O2S.C19H19ClFN3O2S.C19H20ClN3O2S.C18H17ClFN3O2S/c1-13-19(12-28)30-22(25-13)20(17-4-2-3-11-24-17)27-21(29)18-10-9-16(26-18)14-5-7-15(23)8-6-14;1-10-17(9-25)27-19(23-10)16(8-22)24-18(26)13-3-2-11(6-13)12-4-5-14(20)15(21)7-12;1-11-17(10-24)26-19(22-11)16(9-21)23-18(25)14-3-2-13(8-14)12-4-6-15(20)7-5-12;19-14-4-3-11(6-15(14)20)10-1-2-12(5-10)17(25)23-16(7-21)18-22-8-13(9-24)26-18/h5-10,17,20,24,26,28H,2-4,11-12H2,1H3,(H,27,29);2-5,7,16,25H,6,8-9,22H2,1H3,(H,24,26);2-7,16,24H,8-10,21H2,1H3,(H,23,25);1-4,6,8,16,24H,5,7,9,21H2,(H,23,25). The van der Waals surface area contributed by atoms with E-state index in [1.54, 1.807) is 48.7 Å². The minimum Gasteiger partial charge on any atom is -0.391 e. The third kappa shape index (κ3) is 21.8. The number of nitrogens with two attached hydrogens (primary N) is 3. The lowest BCUT2D eigenvalue weighted by molar-refractivity contribution is -0.119. The maximum Gasteiger partial charge on any atom is 0.268 e. The first-order valence-electron chi connectivity index (χ1n) is 34.7. The highest BCUT2D eigenvalue weighted by molar-refractivity contribution is 7.12. The molecule has 0 bridgehead atoms. The van der Waals surface area contributed by atoms with Crippen molar-refractivity contribution in [1.82, 2.24) is 51.5 Å². The highest BCUT2D eigenvalue weighted by Crippen LogP contribution is 2.36. The number of piperidine rings is 1. The number of aromatic nitrogens is 5. The van der Waals surface area contributed by atoms with Gasteiger partial charge in [0.1, 0.15) is 37.4 Å². The fourth-order valence-electron chi connectivity index (χ4n) is 11.9. The average molecular weight is 1640 g/mol. The topological polar surface area (TPSA) is 355 Å². The van der Waals surface area contributed by atoms with E-state index in [-0.39, 0.29) is 97.9 Å². The van der Waals surface area contributed by atoms with E-state index in [4.69, 9.17) is 68.7 Å². The van der Waals surface area contributed by atoms with Gasteiger partial charge in [0, 0.05) is 83.6 Å². The molecule has 9 aromatic rings. The second-order valence-electron chi connectivity index (χ2n) is 25.5. The van der Waals surface area contributed by atoms with E-state index in [1.165, 1.54) is 69.6 Å². The lowest BCUT2D eigenvalue weighted by Crippen LogP contribution is -2.46. The van der Waals surface area contributed by atoms with Gasteiger partial charge in [-0.3, -0.25) is 19.2 Å². The molecule has 31 heteroatoms. The highest BCUT2D eigenvalue weighted by atomic mass is 35.5. The molecule has 4 aliphatic rings. The summed E-state index contributed by atoms with van der Waals surface area (Å²) in [5.74, 6) is -1.80. The van der Waals surface area contributed by atoms with E-state index in [2.05, 4.69) is 51.5 Å². The van der Waals surface area contributed by atoms with Crippen LogP contribution in [0.4, 0.5) is 8.78 Å². The third-order valence-corrected chi connectivity index (χ3v) is 24.0. The molecule has 13 rings (SSSR count). The van der Waals surface area contributed by atoms with E-state index < -0.39 is 23.7 Å². The molecule has 21 nitrogen and oxygen atoms in total. The monoisotopic (exact) mass is 1630 g/mol. The normalized spacial score (nSPS) is 15.5. The Labute approximate surface area is 664 Å². The summed E-state index contributed by atoms with van der Waals surface area (Å²) < 4.78 is 27.3. The Morgan fingerprint density at radius 2 is 0.927 bits per heavy atom. The predicted octanol–water partition coefficient (Wildman–Crippen LogP) is 13.6. The van der Waals surface area contributed by atoms with Crippen molar-refractivity contribution < 1.29 is 48.4 Å². The first kappa shape index (κ1) is 83.2. The first-order valence-corrected chi connectivity index (χ1v) is 39.4. The largest absolute Gasteiger partial charge is 0.391 e. The molecule has 0 saturated carbocycles. The Morgan fingerprint density at radius 3 is 1.33 bits per heavy atom. The molecule has 5 aromatic heterocycles.